The van der Waals surface area contributed by atoms with Crippen LogP contribution >= 0.6 is 15.9 Å². The van der Waals surface area contributed by atoms with E-state index < -0.39 is 4.83 Å². The molecule has 1 atom stereocenters. The maximum absolute atomic E-state index is 12.2. The normalized spacial score (nSPS) is 11.8. The van der Waals surface area contributed by atoms with Crippen LogP contribution in [0.1, 0.15) is 21.5 Å². The maximum Gasteiger partial charge on any atom is 0.246 e. The van der Waals surface area contributed by atoms with Gasteiger partial charge in [-0.05, 0) is 31.0 Å². The molecule has 0 fully saturated rings. The molecule has 0 radical (unpaired) electrons. The second-order valence-electron chi connectivity index (χ2n) is 4.90. The van der Waals surface area contributed by atoms with Crippen molar-refractivity contribution in [3.05, 3.63) is 65.2 Å². The highest BCUT2D eigenvalue weighted by molar-refractivity contribution is 9.10. The molecule has 108 valence electrons. The molecule has 2 rings (SSSR count). The van der Waals surface area contributed by atoms with Crippen LogP contribution in [0.4, 0.5) is 5.69 Å². The highest BCUT2D eigenvalue weighted by Crippen LogP contribution is 2.18. The van der Waals surface area contributed by atoms with E-state index in [0.717, 1.165) is 16.8 Å². The van der Waals surface area contributed by atoms with Gasteiger partial charge in [0.05, 0.1) is 0 Å². The number of nitrogens with one attached hydrogen (secondary N) is 1. The van der Waals surface area contributed by atoms with Crippen molar-refractivity contribution in [2.75, 3.05) is 5.32 Å². The van der Waals surface area contributed by atoms with Crippen molar-refractivity contribution < 1.29 is 9.59 Å². The van der Waals surface area contributed by atoms with Crippen LogP contribution in [-0.2, 0) is 4.79 Å². The Balaban J connectivity index is 2.13. The van der Waals surface area contributed by atoms with Gasteiger partial charge in [0.2, 0.25) is 5.91 Å². The summed E-state index contributed by atoms with van der Waals surface area (Å²) < 4.78 is 0. The minimum absolute atomic E-state index is 0.251. The summed E-state index contributed by atoms with van der Waals surface area (Å²) in [6.45, 7) is 3.87. The van der Waals surface area contributed by atoms with E-state index in [2.05, 4.69) is 21.2 Å². The van der Waals surface area contributed by atoms with E-state index in [4.69, 9.17) is 0 Å². The molecule has 4 heteroatoms. The third kappa shape index (κ3) is 3.79. The average molecular weight is 346 g/mol. The van der Waals surface area contributed by atoms with Crippen LogP contribution in [0.25, 0.3) is 0 Å². The van der Waals surface area contributed by atoms with E-state index in [0.29, 0.717) is 5.56 Å². The van der Waals surface area contributed by atoms with Gasteiger partial charge in [-0.25, -0.2) is 0 Å². The number of aryl methyl sites for hydroxylation is 2. The fourth-order valence-electron chi connectivity index (χ4n) is 1.93. The smallest absolute Gasteiger partial charge is 0.246 e. The van der Waals surface area contributed by atoms with E-state index in [1.807, 2.05) is 38.1 Å². The first-order valence-corrected chi connectivity index (χ1v) is 7.52. The van der Waals surface area contributed by atoms with Crippen molar-refractivity contribution in [2.24, 2.45) is 0 Å². The fourth-order valence-corrected chi connectivity index (χ4v) is 2.31. The number of hydrogen-bond donors (Lipinski definition) is 1. The van der Waals surface area contributed by atoms with Gasteiger partial charge in [0.15, 0.2) is 10.6 Å². The van der Waals surface area contributed by atoms with Crippen molar-refractivity contribution >= 4 is 33.3 Å². The Morgan fingerprint density at radius 3 is 2.38 bits per heavy atom. The molecule has 21 heavy (non-hydrogen) atoms. The highest BCUT2D eigenvalue weighted by Gasteiger charge is 2.24. The zero-order valence-electron chi connectivity index (χ0n) is 11.9. The van der Waals surface area contributed by atoms with Crippen LogP contribution < -0.4 is 5.32 Å². The Hall–Kier alpha value is -1.94. The molecular weight excluding hydrogens is 330 g/mol. The number of amides is 1. The first kappa shape index (κ1) is 15.4. The first-order valence-electron chi connectivity index (χ1n) is 6.60. The molecule has 0 spiro atoms. The maximum atomic E-state index is 12.2. The summed E-state index contributed by atoms with van der Waals surface area (Å²) in [7, 11) is 0. The summed E-state index contributed by atoms with van der Waals surface area (Å²) in [5.74, 6) is -0.615. The van der Waals surface area contributed by atoms with Crippen LogP contribution in [-0.4, -0.2) is 16.5 Å². The molecule has 0 saturated heterocycles. The lowest BCUT2D eigenvalue weighted by Gasteiger charge is -2.12. The number of rotatable bonds is 4. The van der Waals surface area contributed by atoms with Crippen molar-refractivity contribution in [2.45, 2.75) is 18.7 Å². The van der Waals surface area contributed by atoms with Gasteiger partial charge >= 0.3 is 0 Å². The molecule has 2 aromatic rings. The third-order valence-corrected chi connectivity index (χ3v) is 4.00. The van der Waals surface area contributed by atoms with Crippen molar-refractivity contribution in [3.8, 4) is 0 Å². The van der Waals surface area contributed by atoms with Gasteiger partial charge < -0.3 is 5.32 Å². The Labute approximate surface area is 132 Å². The predicted octanol–water partition coefficient (Wildman–Crippen LogP) is 3.89. The zero-order valence-corrected chi connectivity index (χ0v) is 13.5. The topological polar surface area (TPSA) is 46.2 Å². The summed E-state index contributed by atoms with van der Waals surface area (Å²) in [5, 5.41) is 2.79. The Kier molecular flexibility index (Phi) is 4.91. The van der Waals surface area contributed by atoms with E-state index in [-0.39, 0.29) is 11.7 Å². The van der Waals surface area contributed by atoms with Crippen LogP contribution in [0, 0.1) is 13.8 Å². The molecule has 1 amide bonds. The van der Waals surface area contributed by atoms with Gasteiger partial charge in [0.25, 0.3) is 0 Å². The highest BCUT2D eigenvalue weighted by atomic mass is 79.9. The molecular formula is C17H16BrNO2. The Bertz CT molecular complexity index is 668. The van der Waals surface area contributed by atoms with Crippen LogP contribution in [0.15, 0.2) is 48.5 Å². The van der Waals surface area contributed by atoms with E-state index in [1.165, 1.54) is 0 Å². The zero-order chi connectivity index (χ0) is 15.4. The predicted molar refractivity (Wildman–Crippen MR) is 88.0 cm³/mol. The number of anilines is 1. The Morgan fingerprint density at radius 1 is 1.05 bits per heavy atom. The summed E-state index contributed by atoms with van der Waals surface area (Å²) in [4.78, 5) is 23.5. The summed E-state index contributed by atoms with van der Waals surface area (Å²) in [6.07, 6.45) is 0. The van der Waals surface area contributed by atoms with Crippen molar-refractivity contribution in [3.63, 3.8) is 0 Å². The molecule has 0 aliphatic carbocycles. The first-order chi connectivity index (χ1) is 9.99. The number of alkyl halides is 1. The van der Waals surface area contributed by atoms with Gasteiger partial charge in [-0.15, -0.1) is 0 Å². The third-order valence-electron chi connectivity index (χ3n) is 3.17. The van der Waals surface area contributed by atoms with Crippen LogP contribution in [0.5, 0.6) is 0 Å². The lowest BCUT2D eigenvalue weighted by molar-refractivity contribution is -0.114. The number of hydrogen-bond acceptors (Lipinski definition) is 2. The standard InChI is InChI=1S/C17H16BrNO2/c1-11-8-9-12(2)14(10-11)19-17(21)15(18)16(20)13-6-4-3-5-7-13/h3-10,15H,1-2H3,(H,19,21). The molecule has 0 aliphatic heterocycles. The van der Waals surface area contributed by atoms with Gasteiger partial charge in [-0.3, -0.25) is 9.59 Å². The molecule has 2 aromatic carbocycles. The van der Waals surface area contributed by atoms with E-state index >= 15 is 0 Å². The monoisotopic (exact) mass is 345 g/mol. The SMILES string of the molecule is Cc1ccc(C)c(NC(=O)C(Br)C(=O)c2ccccc2)c1. The van der Waals surface area contributed by atoms with Gasteiger partial charge in [0.1, 0.15) is 0 Å². The number of Topliss-reactive ketones (excluding diaryl/α,β-unsaturated/α-hetero) is 1. The molecule has 0 saturated carbocycles. The Morgan fingerprint density at radius 2 is 1.71 bits per heavy atom. The molecule has 3 nitrogen and oxygen atoms in total. The number of carbonyl (C=O) groups excluding carboxylic acids is 2. The van der Waals surface area contributed by atoms with E-state index in [1.54, 1.807) is 24.3 Å². The summed E-state index contributed by atoms with van der Waals surface area (Å²) in [5.41, 5.74) is 3.25. The summed E-state index contributed by atoms with van der Waals surface area (Å²) >= 11 is 3.18. The fraction of sp³-hybridized carbons (Fsp3) is 0.176. The van der Waals surface area contributed by atoms with Crippen molar-refractivity contribution in [1.29, 1.82) is 0 Å². The average Bonchev–Trinajstić information content (AvgIpc) is 2.50. The van der Waals surface area contributed by atoms with Gasteiger partial charge in [-0.2, -0.15) is 0 Å². The lowest BCUT2D eigenvalue weighted by atomic mass is 10.1. The molecule has 0 aromatic heterocycles. The molecule has 0 aliphatic rings. The van der Waals surface area contributed by atoms with E-state index in [9.17, 15) is 9.59 Å². The largest absolute Gasteiger partial charge is 0.324 e. The minimum Gasteiger partial charge on any atom is -0.324 e. The van der Waals surface area contributed by atoms with Gasteiger partial charge in [0, 0.05) is 11.3 Å². The van der Waals surface area contributed by atoms with Gasteiger partial charge in [-0.1, -0.05) is 58.4 Å². The van der Waals surface area contributed by atoms with Crippen LogP contribution in [0.3, 0.4) is 0 Å². The second kappa shape index (κ2) is 6.68. The lowest BCUT2D eigenvalue weighted by Crippen LogP contribution is -2.30. The minimum atomic E-state index is -0.903. The second-order valence-corrected chi connectivity index (χ2v) is 5.82. The number of carbonyl (C=O) groups is 2. The molecule has 1 N–H and O–H groups in total. The number of ketones is 1. The number of halogens is 1. The molecule has 0 heterocycles. The van der Waals surface area contributed by atoms with Crippen molar-refractivity contribution in [1.82, 2.24) is 0 Å². The summed E-state index contributed by atoms with van der Waals surface area (Å²) in [6, 6.07) is 14.6. The number of benzene rings is 2. The quantitative estimate of drug-likeness (QED) is 0.519. The molecule has 1 unspecified atom stereocenters. The van der Waals surface area contributed by atoms with Crippen LogP contribution in [0.2, 0.25) is 0 Å². The molecule has 0 bridgehead atoms.